The van der Waals surface area contributed by atoms with Gasteiger partial charge in [-0.15, -0.1) is 24.0 Å². The second-order valence-electron chi connectivity index (χ2n) is 7.43. The summed E-state index contributed by atoms with van der Waals surface area (Å²) in [6.45, 7) is 5.77. The molecule has 1 fully saturated rings. The first kappa shape index (κ1) is 23.3. The average Bonchev–Trinajstić information content (AvgIpc) is 3.23. The van der Waals surface area contributed by atoms with Gasteiger partial charge in [0.25, 0.3) is 5.91 Å². The maximum atomic E-state index is 12.1. The molecular weight excluding hydrogens is 479 g/mol. The summed E-state index contributed by atoms with van der Waals surface area (Å²) in [5.41, 5.74) is 1.76. The summed E-state index contributed by atoms with van der Waals surface area (Å²) < 4.78 is 5.13. The summed E-state index contributed by atoms with van der Waals surface area (Å²) in [6, 6.07) is 11.6. The molecule has 1 heterocycles. The molecule has 0 atom stereocenters. The number of hydrogen-bond donors (Lipinski definition) is 3. The molecule has 6 nitrogen and oxygen atoms in total. The number of guanidine groups is 1. The predicted octanol–water partition coefficient (Wildman–Crippen LogP) is 4.78. The van der Waals surface area contributed by atoms with Crippen molar-refractivity contribution in [1.82, 2.24) is 10.6 Å². The molecule has 0 aliphatic heterocycles. The Morgan fingerprint density at radius 3 is 2.66 bits per heavy atom. The maximum Gasteiger partial charge on any atom is 0.291 e. The van der Waals surface area contributed by atoms with Crippen LogP contribution in [-0.4, -0.2) is 24.5 Å². The molecule has 1 amide bonds. The van der Waals surface area contributed by atoms with Gasteiger partial charge in [-0.1, -0.05) is 19.1 Å². The van der Waals surface area contributed by atoms with Crippen LogP contribution in [0, 0.1) is 5.92 Å². The van der Waals surface area contributed by atoms with E-state index < -0.39 is 0 Å². The number of hydrogen-bond acceptors (Lipinski definition) is 3. The number of nitrogens with zero attached hydrogens (tertiary/aromatic N) is 1. The van der Waals surface area contributed by atoms with E-state index in [-0.39, 0.29) is 29.9 Å². The molecule has 158 valence electrons. The van der Waals surface area contributed by atoms with E-state index in [0.29, 0.717) is 18.3 Å². The van der Waals surface area contributed by atoms with Crippen LogP contribution in [0.3, 0.4) is 0 Å². The van der Waals surface area contributed by atoms with E-state index in [0.717, 1.165) is 29.7 Å². The van der Waals surface area contributed by atoms with Gasteiger partial charge in [-0.3, -0.25) is 4.79 Å². The quantitative estimate of drug-likeness (QED) is 0.297. The highest BCUT2D eigenvalue weighted by atomic mass is 127. The molecule has 3 rings (SSSR count). The molecule has 0 saturated heterocycles. The Hall–Kier alpha value is -2.03. The van der Waals surface area contributed by atoms with E-state index in [1.54, 1.807) is 12.1 Å². The molecule has 1 aromatic heterocycles. The third kappa shape index (κ3) is 7.38. The van der Waals surface area contributed by atoms with Crippen molar-refractivity contribution in [2.45, 2.75) is 52.1 Å². The number of nitrogens with one attached hydrogen (secondary N) is 3. The molecule has 0 unspecified atom stereocenters. The highest BCUT2D eigenvalue weighted by molar-refractivity contribution is 14.0. The second kappa shape index (κ2) is 11.8. The Labute approximate surface area is 190 Å². The summed E-state index contributed by atoms with van der Waals surface area (Å²) in [5, 5.41) is 9.76. The summed E-state index contributed by atoms with van der Waals surface area (Å²) in [7, 11) is 0. The van der Waals surface area contributed by atoms with Crippen LogP contribution in [-0.2, 0) is 6.54 Å². The Bertz CT molecular complexity index is 784. The molecule has 0 bridgehead atoms. The summed E-state index contributed by atoms with van der Waals surface area (Å²) >= 11 is 0. The van der Waals surface area contributed by atoms with E-state index in [1.165, 1.54) is 31.9 Å². The number of halogens is 1. The highest BCUT2D eigenvalue weighted by Gasteiger charge is 2.18. The normalized spacial score (nSPS) is 19.2. The van der Waals surface area contributed by atoms with Crippen LogP contribution in [0.5, 0.6) is 0 Å². The molecule has 0 radical (unpaired) electrons. The fourth-order valence-corrected chi connectivity index (χ4v) is 3.44. The third-order valence-corrected chi connectivity index (χ3v) is 5.05. The van der Waals surface area contributed by atoms with E-state index in [9.17, 15) is 4.79 Å². The molecule has 2 aromatic rings. The summed E-state index contributed by atoms with van der Waals surface area (Å²) in [5.74, 6) is 1.72. The summed E-state index contributed by atoms with van der Waals surface area (Å²) in [6.07, 6.45) is 6.42. The predicted molar refractivity (Wildman–Crippen MR) is 128 cm³/mol. The maximum absolute atomic E-state index is 12.1. The van der Waals surface area contributed by atoms with E-state index in [4.69, 9.17) is 9.41 Å². The minimum atomic E-state index is -0.257. The van der Waals surface area contributed by atoms with Crippen LogP contribution in [0.1, 0.15) is 55.6 Å². The average molecular weight is 510 g/mol. The Morgan fingerprint density at radius 2 is 1.97 bits per heavy atom. The number of anilines is 1. The van der Waals surface area contributed by atoms with Crippen molar-refractivity contribution in [1.29, 1.82) is 0 Å². The molecule has 1 aromatic carbocycles. The number of aliphatic imine (C=N–C) groups is 1. The lowest BCUT2D eigenvalue weighted by atomic mass is 9.87. The number of carbonyl (C=O) groups excluding carboxylic acids is 1. The van der Waals surface area contributed by atoms with Crippen LogP contribution in [0.2, 0.25) is 0 Å². The number of amides is 1. The minimum absolute atomic E-state index is 0. The molecule has 3 N–H and O–H groups in total. The molecule has 1 aliphatic rings. The minimum Gasteiger partial charge on any atom is -0.459 e. The van der Waals surface area contributed by atoms with E-state index >= 15 is 0 Å². The molecule has 7 heteroatoms. The van der Waals surface area contributed by atoms with Gasteiger partial charge in [0.15, 0.2) is 11.7 Å². The van der Waals surface area contributed by atoms with Crippen LogP contribution < -0.4 is 16.0 Å². The smallest absolute Gasteiger partial charge is 0.291 e. The van der Waals surface area contributed by atoms with E-state index in [2.05, 4.69) is 29.8 Å². The molecular formula is C22H31IN4O2. The second-order valence-corrected chi connectivity index (χ2v) is 7.43. The Morgan fingerprint density at radius 1 is 1.17 bits per heavy atom. The van der Waals surface area contributed by atoms with Gasteiger partial charge in [0.1, 0.15) is 0 Å². The molecule has 29 heavy (non-hydrogen) atoms. The third-order valence-electron chi connectivity index (χ3n) is 5.05. The zero-order valence-electron chi connectivity index (χ0n) is 17.1. The lowest BCUT2D eigenvalue weighted by molar-refractivity contribution is 0.0996. The van der Waals surface area contributed by atoms with Crippen LogP contribution in [0.25, 0.3) is 0 Å². The first-order valence-electron chi connectivity index (χ1n) is 10.1. The number of furan rings is 1. The van der Waals surface area contributed by atoms with Crippen LogP contribution in [0.4, 0.5) is 5.69 Å². The topological polar surface area (TPSA) is 78.7 Å². The lowest BCUT2D eigenvalue weighted by Gasteiger charge is -2.28. The zero-order chi connectivity index (χ0) is 19.8. The number of rotatable bonds is 6. The van der Waals surface area contributed by atoms with Gasteiger partial charge in [0, 0.05) is 18.3 Å². The molecule has 0 spiro atoms. The molecule has 1 aliphatic carbocycles. The van der Waals surface area contributed by atoms with Crippen molar-refractivity contribution < 1.29 is 9.21 Å². The van der Waals surface area contributed by atoms with Gasteiger partial charge in [-0.05, 0) is 68.4 Å². The van der Waals surface area contributed by atoms with Gasteiger partial charge < -0.3 is 20.4 Å². The van der Waals surface area contributed by atoms with Crippen molar-refractivity contribution >= 4 is 41.5 Å². The van der Waals surface area contributed by atoms with Crippen molar-refractivity contribution in [3.63, 3.8) is 0 Å². The fourth-order valence-electron chi connectivity index (χ4n) is 3.44. The number of benzene rings is 1. The first-order chi connectivity index (χ1) is 13.6. The lowest BCUT2D eigenvalue weighted by Crippen LogP contribution is -2.44. The van der Waals surface area contributed by atoms with Gasteiger partial charge in [-0.2, -0.15) is 0 Å². The van der Waals surface area contributed by atoms with Crippen molar-refractivity contribution in [2.75, 3.05) is 11.9 Å². The fraction of sp³-hybridized carbons (Fsp3) is 0.455. The van der Waals surface area contributed by atoms with Crippen LogP contribution >= 0.6 is 24.0 Å². The van der Waals surface area contributed by atoms with Crippen LogP contribution in [0.15, 0.2) is 52.1 Å². The van der Waals surface area contributed by atoms with Crippen molar-refractivity contribution in [3.05, 3.63) is 54.0 Å². The number of carbonyl (C=O) groups is 1. The monoisotopic (exact) mass is 510 g/mol. The van der Waals surface area contributed by atoms with Gasteiger partial charge in [-0.25, -0.2) is 4.99 Å². The summed E-state index contributed by atoms with van der Waals surface area (Å²) in [4.78, 5) is 16.9. The zero-order valence-corrected chi connectivity index (χ0v) is 19.4. The Kier molecular flexibility index (Phi) is 9.50. The van der Waals surface area contributed by atoms with Gasteiger partial charge in [0.2, 0.25) is 0 Å². The SMILES string of the molecule is CCNC(=NCc1cccc(NC(=O)c2ccco2)c1)NC1CCC(C)CC1.I. The van der Waals surface area contributed by atoms with Gasteiger partial charge >= 0.3 is 0 Å². The van der Waals surface area contributed by atoms with Crippen molar-refractivity contribution in [2.24, 2.45) is 10.9 Å². The highest BCUT2D eigenvalue weighted by Crippen LogP contribution is 2.23. The van der Waals surface area contributed by atoms with Gasteiger partial charge in [0.05, 0.1) is 12.8 Å². The molecule has 1 saturated carbocycles. The largest absolute Gasteiger partial charge is 0.459 e. The first-order valence-corrected chi connectivity index (χ1v) is 10.1. The Balaban J connectivity index is 0.00000300. The van der Waals surface area contributed by atoms with E-state index in [1.807, 2.05) is 24.3 Å². The standard InChI is InChI=1S/C22H30N4O2.HI/c1-3-23-22(26-18-11-9-16(2)10-12-18)24-15-17-6-4-7-19(14-17)25-21(27)20-8-5-13-28-20;/h4-8,13-14,16,18H,3,9-12,15H2,1-2H3,(H,25,27)(H2,23,24,26);1H. The van der Waals surface area contributed by atoms with Crippen molar-refractivity contribution in [3.8, 4) is 0 Å².